The van der Waals surface area contributed by atoms with Gasteiger partial charge >= 0.3 is 0 Å². The van der Waals surface area contributed by atoms with Gasteiger partial charge in [0.15, 0.2) is 0 Å². The van der Waals surface area contributed by atoms with Crippen molar-refractivity contribution in [2.24, 2.45) is 5.14 Å². The fourth-order valence-corrected chi connectivity index (χ4v) is 4.21. The normalized spacial score (nSPS) is 16.2. The molecule has 3 rings (SSSR count). The summed E-state index contributed by atoms with van der Waals surface area (Å²) < 4.78 is 23.2. The maximum absolute atomic E-state index is 13.1. The van der Waals surface area contributed by atoms with Gasteiger partial charge in [-0.3, -0.25) is 9.69 Å². The molecule has 0 saturated heterocycles. The highest BCUT2D eigenvalue weighted by molar-refractivity contribution is 7.89. The molecule has 0 radical (unpaired) electrons. The predicted molar refractivity (Wildman–Crippen MR) is 110 cm³/mol. The Morgan fingerprint density at radius 3 is 2.64 bits per heavy atom. The number of sulfonamides is 1. The van der Waals surface area contributed by atoms with Gasteiger partial charge in [0, 0.05) is 24.8 Å². The van der Waals surface area contributed by atoms with Crippen LogP contribution in [0.15, 0.2) is 66.1 Å². The first-order chi connectivity index (χ1) is 13.3. The minimum Gasteiger partial charge on any atom is -0.308 e. The third kappa shape index (κ3) is 4.49. The van der Waals surface area contributed by atoms with E-state index in [9.17, 15) is 13.2 Å². The van der Waals surface area contributed by atoms with Crippen LogP contribution in [0.3, 0.4) is 0 Å². The summed E-state index contributed by atoms with van der Waals surface area (Å²) in [4.78, 5) is 16.9. The summed E-state index contributed by atoms with van der Waals surface area (Å²) in [7, 11) is -3.76. The molecular formula is C21H25N3O3S. The van der Waals surface area contributed by atoms with E-state index in [1.165, 1.54) is 6.07 Å². The van der Waals surface area contributed by atoms with Crippen LogP contribution in [-0.4, -0.2) is 38.4 Å². The van der Waals surface area contributed by atoms with Crippen molar-refractivity contribution in [3.8, 4) is 0 Å². The third-order valence-corrected chi connectivity index (χ3v) is 5.77. The van der Waals surface area contributed by atoms with E-state index in [1.807, 2.05) is 42.2 Å². The Kier molecular flexibility index (Phi) is 5.98. The fraction of sp³-hybridized carbons (Fsp3) is 0.286. The number of fused-ring (bicyclic) bond motifs is 1. The highest BCUT2D eigenvalue weighted by Crippen LogP contribution is 2.33. The smallest absolute Gasteiger partial charge is 0.241 e. The zero-order valence-electron chi connectivity index (χ0n) is 15.9. The number of primary sulfonamides is 1. The Bertz CT molecular complexity index is 974. The van der Waals surface area contributed by atoms with Crippen molar-refractivity contribution in [2.75, 3.05) is 18.0 Å². The summed E-state index contributed by atoms with van der Waals surface area (Å²) >= 11 is 0. The lowest BCUT2D eigenvalue weighted by molar-refractivity contribution is -0.120. The summed E-state index contributed by atoms with van der Waals surface area (Å²) in [5.41, 5.74) is 2.71. The molecule has 1 unspecified atom stereocenters. The number of hydrogen-bond acceptors (Lipinski definition) is 4. The molecule has 2 aromatic rings. The number of carbonyl (C=O) groups excluding carboxylic acids is 1. The summed E-state index contributed by atoms with van der Waals surface area (Å²) in [6.07, 6.45) is 2.39. The van der Waals surface area contributed by atoms with Crippen molar-refractivity contribution >= 4 is 21.6 Å². The van der Waals surface area contributed by atoms with Crippen LogP contribution < -0.4 is 10.0 Å². The maximum atomic E-state index is 13.1. The van der Waals surface area contributed by atoms with Gasteiger partial charge in [-0.2, -0.15) is 0 Å². The Labute approximate surface area is 166 Å². The molecule has 28 heavy (non-hydrogen) atoms. The van der Waals surface area contributed by atoms with Crippen molar-refractivity contribution in [3.05, 3.63) is 72.3 Å². The second-order valence-electron chi connectivity index (χ2n) is 7.10. The average Bonchev–Trinajstić information content (AvgIpc) is 2.97. The van der Waals surface area contributed by atoms with Crippen LogP contribution in [0.4, 0.5) is 5.69 Å². The van der Waals surface area contributed by atoms with E-state index in [0.717, 1.165) is 16.8 Å². The van der Waals surface area contributed by atoms with E-state index in [4.69, 9.17) is 5.14 Å². The van der Waals surface area contributed by atoms with Crippen LogP contribution in [0.5, 0.6) is 0 Å². The van der Waals surface area contributed by atoms with Gasteiger partial charge < -0.3 is 4.90 Å². The first-order valence-corrected chi connectivity index (χ1v) is 10.7. The number of anilines is 1. The summed E-state index contributed by atoms with van der Waals surface area (Å²) in [6.45, 7) is 7.26. The molecule has 6 nitrogen and oxygen atoms in total. The van der Waals surface area contributed by atoms with Crippen molar-refractivity contribution in [1.82, 2.24) is 4.90 Å². The van der Waals surface area contributed by atoms with E-state index in [0.29, 0.717) is 19.5 Å². The number of hydrogen-bond donors (Lipinski definition) is 1. The largest absolute Gasteiger partial charge is 0.308 e. The zero-order valence-corrected chi connectivity index (χ0v) is 16.7. The highest BCUT2D eigenvalue weighted by Gasteiger charge is 2.32. The summed E-state index contributed by atoms with van der Waals surface area (Å²) in [6, 6.07) is 14.6. The molecule has 0 spiro atoms. The van der Waals surface area contributed by atoms with Crippen LogP contribution in [-0.2, 0) is 27.8 Å². The molecule has 2 aromatic carbocycles. The van der Waals surface area contributed by atoms with Crippen LogP contribution >= 0.6 is 0 Å². The van der Waals surface area contributed by atoms with Gasteiger partial charge in [0.05, 0.1) is 11.4 Å². The van der Waals surface area contributed by atoms with Crippen LogP contribution in [0.2, 0.25) is 0 Å². The Morgan fingerprint density at radius 2 is 2.00 bits per heavy atom. The predicted octanol–water partition coefficient (Wildman–Crippen LogP) is 2.30. The van der Waals surface area contributed by atoms with Crippen LogP contribution in [0.1, 0.15) is 18.1 Å². The van der Waals surface area contributed by atoms with Gasteiger partial charge in [-0.1, -0.05) is 36.4 Å². The number of amides is 1. The van der Waals surface area contributed by atoms with Crippen LogP contribution in [0, 0.1) is 0 Å². The standard InChI is InChI=1S/C21H25N3O3S/c1-3-11-23(14-17-7-5-4-6-8-17)15-21(25)24-16(2)12-18-13-19(28(22,26)27)9-10-20(18)24/h3-10,13,16H,1,11-12,14-15H2,2H3,(H2,22,26,27). The third-order valence-electron chi connectivity index (χ3n) is 4.86. The molecule has 1 heterocycles. The number of carbonyl (C=O) groups is 1. The maximum Gasteiger partial charge on any atom is 0.241 e. The number of nitrogens with zero attached hydrogens (tertiary/aromatic N) is 2. The van der Waals surface area contributed by atoms with Gasteiger partial charge in [-0.05, 0) is 42.7 Å². The molecule has 0 bridgehead atoms. The van der Waals surface area contributed by atoms with E-state index < -0.39 is 10.0 Å². The molecule has 0 aromatic heterocycles. The molecular weight excluding hydrogens is 374 g/mol. The zero-order chi connectivity index (χ0) is 20.3. The van der Waals surface area contributed by atoms with Gasteiger partial charge in [-0.15, -0.1) is 6.58 Å². The molecule has 7 heteroatoms. The highest BCUT2D eigenvalue weighted by atomic mass is 32.2. The second-order valence-corrected chi connectivity index (χ2v) is 8.66. The quantitative estimate of drug-likeness (QED) is 0.724. The Hall–Kier alpha value is -2.48. The van der Waals surface area contributed by atoms with Gasteiger partial charge in [0.25, 0.3) is 0 Å². The Morgan fingerprint density at radius 1 is 1.29 bits per heavy atom. The average molecular weight is 400 g/mol. The lowest BCUT2D eigenvalue weighted by atomic mass is 10.1. The topological polar surface area (TPSA) is 83.7 Å². The summed E-state index contributed by atoms with van der Waals surface area (Å²) in [5, 5.41) is 5.23. The minimum atomic E-state index is -3.76. The lowest BCUT2D eigenvalue weighted by Crippen LogP contribution is -2.43. The molecule has 1 aliphatic rings. The molecule has 0 saturated carbocycles. The molecule has 0 fully saturated rings. The van der Waals surface area contributed by atoms with Crippen molar-refractivity contribution in [1.29, 1.82) is 0 Å². The number of rotatable bonds is 7. The van der Waals surface area contributed by atoms with Gasteiger partial charge in [0.2, 0.25) is 15.9 Å². The SMILES string of the molecule is C=CCN(CC(=O)N1c2ccc(S(N)(=O)=O)cc2CC1C)Cc1ccccc1. The molecule has 1 amide bonds. The second kappa shape index (κ2) is 8.26. The molecule has 1 aliphatic heterocycles. The lowest BCUT2D eigenvalue weighted by Gasteiger charge is -2.27. The van der Waals surface area contributed by atoms with E-state index >= 15 is 0 Å². The summed E-state index contributed by atoms with van der Waals surface area (Å²) in [5.74, 6) is -0.0209. The van der Waals surface area contributed by atoms with Crippen molar-refractivity contribution in [3.63, 3.8) is 0 Å². The Balaban J connectivity index is 1.79. The molecule has 2 N–H and O–H groups in total. The van der Waals surface area contributed by atoms with Crippen LogP contribution in [0.25, 0.3) is 0 Å². The minimum absolute atomic E-state index is 0.0209. The molecule has 0 aliphatic carbocycles. The van der Waals surface area contributed by atoms with Gasteiger partial charge in [-0.25, -0.2) is 13.6 Å². The van der Waals surface area contributed by atoms with E-state index in [1.54, 1.807) is 23.1 Å². The molecule has 1 atom stereocenters. The fourth-order valence-electron chi connectivity index (χ4n) is 3.64. The monoisotopic (exact) mass is 399 g/mol. The van der Waals surface area contributed by atoms with E-state index in [2.05, 4.69) is 6.58 Å². The van der Waals surface area contributed by atoms with Crippen molar-refractivity contribution < 1.29 is 13.2 Å². The van der Waals surface area contributed by atoms with Crippen molar-refractivity contribution in [2.45, 2.75) is 30.8 Å². The van der Waals surface area contributed by atoms with Gasteiger partial charge in [0.1, 0.15) is 0 Å². The first-order valence-electron chi connectivity index (χ1n) is 9.14. The van der Waals surface area contributed by atoms with E-state index in [-0.39, 0.29) is 23.4 Å². The molecule has 148 valence electrons. The first kappa shape index (κ1) is 20.3. The number of nitrogens with two attached hydrogens (primary N) is 1. The number of benzene rings is 2.